The highest BCUT2D eigenvalue weighted by Gasteiger charge is 2.35. The number of hydrogen-bond acceptors (Lipinski definition) is 3. The SMILES string of the molecule is Cc1ccc(N)c(CN2CCOC3CCCC32)c1. The summed E-state index contributed by atoms with van der Waals surface area (Å²) in [7, 11) is 0. The van der Waals surface area contributed by atoms with E-state index >= 15 is 0 Å². The molecular formula is C15H22N2O. The smallest absolute Gasteiger partial charge is 0.0731 e. The van der Waals surface area contributed by atoms with Crippen LogP contribution < -0.4 is 5.73 Å². The lowest BCUT2D eigenvalue weighted by Crippen LogP contribution is -2.47. The van der Waals surface area contributed by atoms with Crippen molar-refractivity contribution in [3.05, 3.63) is 29.3 Å². The minimum absolute atomic E-state index is 0.463. The van der Waals surface area contributed by atoms with Gasteiger partial charge in [0.1, 0.15) is 0 Å². The minimum atomic E-state index is 0.463. The summed E-state index contributed by atoms with van der Waals surface area (Å²) in [6.07, 6.45) is 4.26. The molecule has 1 saturated heterocycles. The van der Waals surface area contributed by atoms with Gasteiger partial charge in [0.15, 0.2) is 0 Å². The zero-order chi connectivity index (χ0) is 12.5. The van der Waals surface area contributed by atoms with Crippen molar-refractivity contribution >= 4 is 5.69 Å². The summed E-state index contributed by atoms with van der Waals surface area (Å²) in [5, 5.41) is 0. The number of ether oxygens (including phenoxy) is 1. The highest BCUT2D eigenvalue weighted by molar-refractivity contribution is 5.48. The number of hydrogen-bond donors (Lipinski definition) is 1. The number of nitrogens with two attached hydrogens (primary N) is 1. The second-order valence-electron chi connectivity index (χ2n) is 5.58. The summed E-state index contributed by atoms with van der Waals surface area (Å²) in [4.78, 5) is 2.56. The van der Waals surface area contributed by atoms with Gasteiger partial charge < -0.3 is 10.5 Å². The van der Waals surface area contributed by atoms with Crippen LogP contribution in [0.1, 0.15) is 30.4 Å². The summed E-state index contributed by atoms with van der Waals surface area (Å²) in [6.45, 7) is 5.00. The molecule has 1 aromatic carbocycles. The van der Waals surface area contributed by atoms with Gasteiger partial charge >= 0.3 is 0 Å². The highest BCUT2D eigenvalue weighted by Crippen LogP contribution is 2.31. The van der Waals surface area contributed by atoms with Crippen LogP contribution in [0.2, 0.25) is 0 Å². The van der Waals surface area contributed by atoms with Crippen LogP contribution in [0.3, 0.4) is 0 Å². The second kappa shape index (κ2) is 4.90. The Morgan fingerprint density at radius 3 is 3.17 bits per heavy atom. The van der Waals surface area contributed by atoms with E-state index in [1.807, 2.05) is 6.07 Å². The van der Waals surface area contributed by atoms with E-state index in [0.717, 1.165) is 25.4 Å². The molecule has 2 aliphatic rings. The predicted molar refractivity (Wildman–Crippen MR) is 73.4 cm³/mol. The van der Waals surface area contributed by atoms with Crippen LogP contribution in [0.4, 0.5) is 5.69 Å². The number of aryl methyl sites for hydroxylation is 1. The maximum atomic E-state index is 6.09. The van der Waals surface area contributed by atoms with Gasteiger partial charge in [-0.25, -0.2) is 0 Å². The molecule has 0 aromatic heterocycles. The topological polar surface area (TPSA) is 38.5 Å². The molecule has 0 amide bonds. The molecule has 3 heteroatoms. The minimum Gasteiger partial charge on any atom is -0.398 e. The standard InChI is InChI=1S/C15H22N2O/c1-11-5-6-13(16)12(9-11)10-17-7-8-18-15-4-2-3-14(15)17/h5-6,9,14-15H,2-4,7-8,10,16H2,1H3. The molecule has 2 atom stereocenters. The summed E-state index contributed by atoms with van der Waals surface area (Å²) in [6, 6.07) is 6.93. The zero-order valence-corrected chi connectivity index (χ0v) is 11.1. The van der Waals surface area contributed by atoms with Gasteiger partial charge in [-0.15, -0.1) is 0 Å². The van der Waals surface area contributed by atoms with Gasteiger partial charge in [0, 0.05) is 24.8 Å². The second-order valence-corrected chi connectivity index (χ2v) is 5.58. The molecule has 0 spiro atoms. The lowest BCUT2D eigenvalue weighted by molar-refractivity contribution is -0.0587. The molecule has 1 aromatic rings. The van der Waals surface area contributed by atoms with Crippen LogP contribution in [0, 0.1) is 6.92 Å². The first kappa shape index (κ1) is 12.0. The van der Waals surface area contributed by atoms with Gasteiger partial charge in [-0.2, -0.15) is 0 Å². The van der Waals surface area contributed by atoms with E-state index in [-0.39, 0.29) is 0 Å². The van der Waals surface area contributed by atoms with E-state index in [4.69, 9.17) is 10.5 Å². The lowest BCUT2D eigenvalue weighted by Gasteiger charge is -2.37. The van der Waals surface area contributed by atoms with Crippen molar-refractivity contribution in [3.63, 3.8) is 0 Å². The van der Waals surface area contributed by atoms with Crippen molar-refractivity contribution in [2.75, 3.05) is 18.9 Å². The fraction of sp³-hybridized carbons (Fsp3) is 0.600. The third kappa shape index (κ3) is 2.25. The molecule has 3 nitrogen and oxygen atoms in total. The van der Waals surface area contributed by atoms with Gasteiger partial charge in [0.25, 0.3) is 0 Å². The number of anilines is 1. The Labute approximate surface area is 109 Å². The molecule has 2 fully saturated rings. The highest BCUT2D eigenvalue weighted by atomic mass is 16.5. The van der Waals surface area contributed by atoms with Crippen molar-refractivity contribution in [1.29, 1.82) is 0 Å². The van der Waals surface area contributed by atoms with Gasteiger partial charge in [-0.1, -0.05) is 17.7 Å². The fourth-order valence-electron chi connectivity index (χ4n) is 3.29. The van der Waals surface area contributed by atoms with E-state index < -0.39 is 0 Å². The first-order valence-electron chi connectivity index (χ1n) is 6.95. The molecule has 2 unspecified atom stereocenters. The maximum absolute atomic E-state index is 6.09. The summed E-state index contributed by atoms with van der Waals surface area (Å²) in [5.41, 5.74) is 9.56. The Morgan fingerprint density at radius 2 is 2.28 bits per heavy atom. The van der Waals surface area contributed by atoms with E-state index in [9.17, 15) is 0 Å². The molecule has 3 rings (SSSR count). The van der Waals surface area contributed by atoms with Crippen LogP contribution in [0.5, 0.6) is 0 Å². The molecule has 1 aliphatic heterocycles. The van der Waals surface area contributed by atoms with Crippen LogP contribution in [-0.2, 0) is 11.3 Å². The fourth-order valence-corrected chi connectivity index (χ4v) is 3.29. The number of nitrogen functional groups attached to an aromatic ring is 1. The molecule has 0 bridgehead atoms. The third-order valence-electron chi connectivity index (χ3n) is 4.27. The number of morpholine rings is 1. The molecule has 18 heavy (non-hydrogen) atoms. The van der Waals surface area contributed by atoms with E-state index in [0.29, 0.717) is 12.1 Å². The molecule has 1 aliphatic carbocycles. The normalized spacial score (nSPS) is 28.3. The van der Waals surface area contributed by atoms with Gasteiger partial charge in [0.2, 0.25) is 0 Å². The molecule has 98 valence electrons. The summed E-state index contributed by atoms with van der Waals surface area (Å²) >= 11 is 0. The number of benzene rings is 1. The van der Waals surface area contributed by atoms with Gasteiger partial charge in [0.05, 0.1) is 12.7 Å². The molecule has 2 N–H and O–H groups in total. The van der Waals surface area contributed by atoms with E-state index in [2.05, 4.69) is 24.0 Å². The average molecular weight is 246 g/mol. The monoisotopic (exact) mass is 246 g/mol. The van der Waals surface area contributed by atoms with Crippen LogP contribution >= 0.6 is 0 Å². The first-order chi connectivity index (χ1) is 8.74. The predicted octanol–water partition coefficient (Wildman–Crippen LogP) is 2.33. The largest absolute Gasteiger partial charge is 0.398 e. The molecule has 1 saturated carbocycles. The van der Waals surface area contributed by atoms with Crippen LogP contribution in [0.25, 0.3) is 0 Å². The number of nitrogens with zero attached hydrogens (tertiary/aromatic N) is 1. The lowest BCUT2D eigenvalue weighted by atomic mass is 10.1. The molecule has 1 heterocycles. The third-order valence-corrected chi connectivity index (χ3v) is 4.27. The summed E-state index contributed by atoms with van der Waals surface area (Å²) < 4.78 is 5.85. The summed E-state index contributed by atoms with van der Waals surface area (Å²) in [5.74, 6) is 0. The Balaban J connectivity index is 1.77. The Hall–Kier alpha value is -1.06. The van der Waals surface area contributed by atoms with Crippen molar-refractivity contribution in [3.8, 4) is 0 Å². The van der Waals surface area contributed by atoms with E-state index in [1.165, 1.54) is 30.4 Å². The van der Waals surface area contributed by atoms with Crippen molar-refractivity contribution < 1.29 is 4.74 Å². The molecule has 0 radical (unpaired) electrons. The van der Waals surface area contributed by atoms with Gasteiger partial charge in [-0.3, -0.25) is 4.90 Å². The van der Waals surface area contributed by atoms with Crippen LogP contribution in [0.15, 0.2) is 18.2 Å². The zero-order valence-electron chi connectivity index (χ0n) is 11.1. The Bertz CT molecular complexity index is 433. The Morgan fingerprint density at radius 1 is 1.39 bits per heavy atom. The average Bonchev–Trinajstić information content (AvgIpc) is 2.83. The van der Waals surface area contributed by atoms with E-state index in [1.54, 1.807) is 0 Å². The molecular weight excluding hydrogens is 224 g/mol. The number of fused-ring (bicyclic) bond motifs is 1. The van der Waals surface area contributed by atoms with Crippen LogP contribution in [-0.4, -0.2) is 30.2 Å². The van der Waals surface area contributed by atoms with Gasteiger partial charge in [-0.05, 0) is 37.8 Å². The Kier molecular flexibility index (Phi) is 3.27. The van der Waals surface area contributed by atoms with Crippen molar-refractivity contribution in [1.82, 2.24) is 4.90 Å². The van der Waals surface area contributed by atoms with Crippen molar-refractivity contribution in [2.45, 2.75) is 44.9 Å². The quantitative estimate of drug-likeness (QED) is 0.814. The number of rotatable bonds is 2. The van der Waals surface area contributed by atoms with Crippen molar-refractivity contribution in [2.24, 2.45) is 0 Å². The first-order valence-corrected chi connectivity index (χ1v) is 6.95. The maximum Gasteiger partial charge on any atom is 0.0731 e.